The van der Waals surface area contributed by atoms with Crippen molar-refractivity contribution in [1.29, 1.82) is 0 Å². The van der Waals surface area contributed by atoms with Gasteiger partial charge in [0.2, 0.25) is 0 Å². The van der Waals surface area contributed by atoms with Gasteiger partial charge in [0.15, 0.2) is 6.10 Å². The summed E-state index contributed by atoms with van der Waals surface area (Å²) in [5.74, 6) is -2.03. The van der Waals surface area contributed by atoms with E-state index in [9.17, 15) is 26.8 Å². The molecule has 0 saturated carbocycles. The molecule has 0 saturated heterocycles. The average Bonchev–Trinajstić information content (AvgIpc) is 3.04. The van der Waals surface area contributed by atoms with Crippen LogP contribution in [0.3, 0.4) is 0 Å². The van der Waals surface area contributed by atoms with Crippen molar-refractivity contribution in [2.75, 3.05) is 7.11 Å². The van der Waals surface area contributed by atoms with E-state index in [0.29, 0.717) is 12.7 Å². The second-order valence-electron chi connectivity index (χ2n) is 6.47. The first-order chi connectivity index (χ1) is 12.9. The predicted octanol–water partition coefficient (Wildman–Crippen LogP) is 2.38. The molecular formula is C18H20F2O7S. The van der Waals surface area contributed by atoms with Crippen LogP contribution in [-0.2, 0) is 41.5 Å². The number of carbonyl (C=O) groups is 2. The van der Waals surface area contributed by atoms with Gasteiger partial charge in [-0.1, -0.05) is 12.6 Å². The molecule has 28 heavy (non-hydrogen) atoms. The van der Waals surface area contributed by atoms with Crippen LogP contribution in [-0.4, -0.2) is 38.8 Å². The third kappa shape index (κ3) is 4.39. The lowest BCUT2D eigenvalue weighted by Crippen LogP contribution is -2.43. The van der Waals surface area contributed by atoms with Crippen LogP contribution < -0.4 is 4.74 Å². The second-order valence-corrected chi connectivity index (χ2v) is 8.25. The molecular weight excluding hydrogens is 398 g/mol. The molecule has 0 aliphatic heterocycles. The van der Waals surface area contributed by atoms with E-state index in [-0.39, 0.29) is 24.2 Å². The minimum absolute atomic E-state index is 0.182. The highest BCUT2D eigenvalue weighted by atomic mass is 32.2. The number of halogens is 2. The molecule has 1 aromatic rings. The Kier molecular flexibility index (Phi) is 6.24. The standard InChI is InChI=1S/C18H20F2O7S/c1-10(2)16(21)27-15-6-5-12-7-14(8-13(12)9-15)17(22)26-11(3)18(19,20)28(23,24)25-4/h5-6,9,11,14H,1,7-8H2,2-4H3. The van der Waals surface area contributed by atoms with E-state index in [2.05, 4.69) is 10.8 Å². The van der Waals surface area contributed by atoms with Crippen LogP contribution in [0.5, 0.6) is 5.75 Å². The van der Waals surface area contributed by atoms with Crippen molar-refractivity contribution in [3.8, 4) is 5.75 Å². The van der Waals surface area contributed by atoms with Crippen LogP contribution >= 0.6 is 0 Å². The lowest BCUT2D eigenvalue weighted by molar-refractivity contribution is -0.164. The van der Waals surface area contributed by atoms with Gasteiger partial charge in [0.1, 0.15) is 5.75 Å². The molecule has 0 spiro atoms. The van der Waals surface area contributed by atoms with Crippen molar-refractivity contribution in [2.24, 2.45) is 5.92 Å². The van der Waals surface area contributed by atoms with Gasteiger partial charge >= 0.3 is 27.3 Å². The Labute approximate surface area is 161 Å². The van der Waals surface area contributed by atoms with Crippen LogP contribution in [0.25, 0.3) is 0 Å². The molecule has 1 aromatic carbocycles. The highest BCUT2D eigenvalue weighted by Gasteiger charge is 2.53. The monoisotopic (exact) mass is 418 g/mol. The Bertz CT molecular complexity index is 909. The first-order valence-corrected chi connectivity index (χ1v) is 9.67. The lowest BCUT2D eigenvalue weighted by Gasteiger charge is -2.23. The van der Waals surface area contributed by atoms with E-state index in [1.54, 1.807) is 18.2 Å². The van der Waals surface area contributed by atoms with Gasteiger partial charge in [-0.15, -0.1) is 0 Å². The first-order valence-electron chi connectivity index (χ1n) is 8.27. The zero-order chi connectivity index (χ0) is 21.3. The van der Waals surface area contributed by atoms with Gasteiger partial charge in [-0.3, -0.25) is 8.98 Å². The van der Waals surface area contributed by atoms with Crippen molar-refractivity contribution in [3.63, 3.8) is 0 Å². The van der Waals surface area contributed by atoms with Gasteiger partial charge in [0.25, 0.3) is 0 Å². The Hall–Kier alpha value is -2.33. The SMILES string of the molecule is C=C(C)C(=O)Oc1ccc2c(c1)CC(C(=O)OC(C)C(F)(F)S(=O)(=O)OC)C2. The fourth-order valence-corrected chi connectivity index (χ4v) is 3.35. The Morgan fingerprint density at radius 3 is 2.43 bits per heavy atom. The topological polar surface area (TPSA) is 96.0 Å². The molecule has 0 fully saturated rings. The van der Waals surface area contributed by atoms with Crippen LogP contribution in [0.4, 0.5) is 8.78 Å². The number of alkyl halides is 2. The van der Waals surface area contributed by atoms with Crippen molar-refractivity contribution >= 4 is 22.1 Å². The molecule has 2 atom stereocenters. The molecule has 2 unspecified atom stereocenters. The van der Waals surface area contributed by atoms with E-state index in [1.165, 1.54) is 6.92 Å². The molecule has 0 amide bonds. The summed E-state index contributed by atoms with van der Waals surface area (Å²) in [5.41, 5.74) is 1.71. The van der Waals surface area contributed by atoms with Crippen molar-refractivity contribution in [1.82, 2.24) is 0 Å². The van der Waals surface area contributed by atoms with E-state index in [1.807, 2.05) is 0 Å². The number of hydrogen-bond donors (Lipinski definition) is 0. The molecule has 154 valence electrons. The van der Waals surface area contributed by atoms with Crippen LogP contribution in [0.15, 0.2) is 30.4 Å². The normalized spacial score (nSPS) is 17.5. The van der Waals surface area contributed by atoms with Crippen molar-refractivity contribution in [3.05, 3.63) is 41.5 Å². The summed E-state index contributed by atoms with van der Waals surface area (Å²) in [5, 5.41) is -4.38. The van der Waals surface area contributed by atoms with Gasteiger partial charge in [-0.05, 0) is 49.9 Å². The number of carbonyl (C=O) groups excluding carboxylic acids is 2. The van der Waals surface area contributed by atoms with E-state index in [4.69, 9.17) is 9.47 Å². The smallest absolute Gasteiger partial charge is 0.405 e. The third-order valence-electron chi connectivity index (χ3n) is 4.32. The molecule has 7 nitrogen and oxygen atoms in total. The van der Waals surface area contributed by atoms with E-state index >= 15 is 0 Å². The quantitative estimate of drug-likeness (QED) is 0.290. The number of esters is 2. The number of hydrogen-bond acceptors (Lipinski definition) is 7. The molecule has 2 rings (SSSR count). The minimum Gasteiger partial charge on any atom is -0.455 e. The average molecular weight is 418 g/mol. The van der Waals surface area contributed by atoms with Crippen LogP contribution in [0.1, 0.15) is 25.0 Å². The van der Waals surface area contributed by atoms with Crippen molar-refractivity contribution in [2.45, 2.75) is 38.0 Å². The fraction of sp³-hybridized carbons (Fsp3) is 0.444. The summed E-state index contributed by atoms with van der Waals surface area (Å²) in [4.78, 5) is 23.8. The maximum absolute atomic E-state index is 13.9. The molecule has 10 heteroatoms. The fourth-order valence-electron chi connectivity index (χ4n) is 2.67. The highest BCUT2D eigenvalue weighted by molar-refractivity contribution is 7.87. The van der Waals surface area contributed by atoms with Gasteiger partial charge in [0, 0.05) is 5.57 Å². The van der Waals surface area contributed by atoms with Gasteiger partial charge in [0.05, 0.1) is 13.0 Å². The summed E-state index contributed by atoms with van der Waals surface area (Å²) in [7, 11) is -4.61. The summed E-state index contributed by atoms with van der Waals surface area (Å²) < 4.78 is 64.1. The number of benzene rings is 1. The molecule has 0 radical (unpaired) electrons. The highest BCUT2D eigenvalue weighted by Crippen LogP contribution is 2.33. The zero-order valence-electron chi connectivity index (χ0n) is 15.5. The number of ether oxygens (including phenoxy) is 2. The summed E-state index contributed by atoms with van der Waals surface area (Å²) in [6, 6.07) is 4.79. The summed E-state index contributed by atoms with van der Waals surface area (Å²) in [6.45, 7) is 5.77. The predicted molar refractivity (Wildman–Crippen MR) is 94.2 cm³/mol. The molecule has 0 N–H and O–H groups in total. The molecule has 1 aliphatic rings. The Morgan fingerprint density at radius 1 is 1.25 bits per heavy atom. The molecule has 0 heterocycles. The van der Waals surface area contributed by atoms with Crippen molar-refractivity contribution < 1.29 is 40.4 Å². The van der Waals surface area contributed by atoms with Gasteiger partial charge in [-0.25, -0.2) is 4.79 Å². The molecule has 0 bridgehead atoms. The molecule has 0 aromatic heterocycles. The van der Waals surface area contributed by atoms with Gasteiger partial charge < -0.3 is 9.47 Å². The summed E-state index contributed by atoms with van der Waals surface area (Å²) in [6.07, 6.45) is -1.80. The Balaban J connectivity index is 2.06. The van der Waals surface area contributed by atoms with E-state index < -0.39 is 39.3 Å². The lowest BCUT2D eigenvalue weighted by atomic mass is 10.1. The van der Waals surface area contributed by atoms with Crippen LogP contribution in [0.2, 0.25) is 0 Å². The number of rotatable bonds is 7. The zero-order valence-corrected chi connectivity index (χ0v) is 16.3. The summed E-state index contributed by atoms with van der Waals surface area (Å²) >= 11 is 0. The number of fused-ring (bicyclic) bond motifs is 1. The maximum Gasteiger partial charge on any atom is 0.405 e. The minimum atomic E-state index is -5.21. The second kappa shape index (κ2) is 7.96. The van der Waals surface area contributed by atoms with Crippen LogP contribution in [0, 0.1) is 5.92 Å². The largest absolute Gasteiger partial charge is 0.455 e. The Morgan fingerprint density at radius 2 is 1.86 bits per heavy atom. The van der Waals surface area contributed by atoms with E-state index in [0.717, 1.165) is 12.5 Å². The maximum atomic E-state index is 13.9. The first kappa shape index (κ1) is 22.0. The molecule has 1 aliphatic carbocycles. The van der Waals surface area contributed by atoms with Gasteiger partial charge in [-0.2, -0.15) is 17.2 Å². The third-order valence-corrected chi connectivity index (χ3v) is 5.76.